The largest absolute Gasteiger partial charge is 0.326 e. The second-order valence-corrected chi connectivity index (χ2v) is 7.89. The van der Waals surface area contributed by atoms with Gasteiger partial charge in [-0.2, -0.15) is 4.98 Å². The lowest BCUT2D eigenvalue weighted by Gasteiger charge is -2.13. The monoisotopic (exact) mass is 417 g/mol. The Kier molecular flexibility index (Phi) is 5.81. The van der Waals surface area contributed by atoms with Crippen molar-refractivity contribution in [2.45, 2.75) is 31.8 Å². The number of para-hydroxylation sites is 1. The highest BCUT2D eigenvalue weighted by Gasteiger charge is 2.16. The minimum absolute atomic E-state index is 0.0759. The summed E-state index contributed by atoms with van der Waals surface area (Å²) in [5.41, 5.74) is 5.68. The molecule has 152 valence electrons. The van der Waals surface area contributed by atoms with Gasteiger partial charge in [0.25, 0.3) is 5.78 Å². The van der Waals surface area contributed by atoms with Gasteiger partial charge in [-0.3, -0.25) is 4.79 Å². The second kappa shape index (κ2) is 8.67. The van der Waals surface area contributed by atoms with E-state index in [2.05, 4.69) is 32.5 Å². The highest BCUT2D eigenvalue weighted by atomic mass is 32.2. The molecule has 2 aromatic carbocycles. The van der Waals surface area contributed by atoms with Gasteiger partial charge in [0.05, 0.1) is 6.42 Å². The molecule has 0 aliphatic carbocycles. The van der Waals surface area contributed by atoms with Crippen molar-refractivity contribution in [3.05, 3.63) is 82.7 Å². The number of benzene rings is 2. The first-order valence-electron chi connectivity index (χ1n) is 9.73. The van der Waals surface area contributed by atoms with Gasteiger partial charge in [-0.1, -0.05) is 60.3 Å². The molecule has 4 aromatic rings. The molecular formula is C23H23N5OS. The van der Waals surface area contributed by atoms with Gasteiger partial charge in [-0.15, -0.1) is 5.10 Å². The normalized spacial score (nSPS) is 11.0. The average molecular weight is 418 g/mol. The Morgan fingerprint density at radius 3 is 2.53 bits per heavy atom. The Labute approximate surface area is 179 Å². The fraction of sp³-hybridized carbons (Fsp3) is 0.217. The summed E-state index contributed by atoms with van der Waals surface area (Å²) in [5, 5.41) is 8.21. The van der Waals surface area contributed by atoms with E-state index in [-0.39, 0.29) is 12.3 Å². The van der Waals surface area contributed by atoms with Gasteiger partial charge in [-0.05, 0) is 43.7 Å². The number of anilines is 1. The standard InChI is InChI=1S/C23H23N5OS/c1-15-19(16(2)28-22(24-15)26-23(27-28)30-3)14-21(29)25-20-12-8-7-11-18(20)13-17-9-5-4-6-10-17/h4-12H,13-14H2,1-3H3,(H,25,29). The fourth-order valence-corrected chi connectivity index (χ4v) is 3.84. The van der Waals surface area contributed by atoms with Crippen molar-refractivity contribution in [1.82, 2.24) is 19.6 Å². The average Bonchev–Trinajstić information content (AvgIpc) is 3.16. The van der Waals surface area contributed by atoms with E-state index in [0.29, 0.717) is 10.9 Å². The molecule has 2 heterocycles. The van der Waals surface area contributed by atoms with Gasteiger partial charge >= 0.3 is 0 Å². The van der Waals surface area contributed by atoms with Crippen LogP contribution in [0.5, 0.6) is 0 Å². The second-order valence-electron chi connectivity index (χ2n) is 7.12. The summed E-state index contributed by atoms with van der Waals surface area (Å²) in [4.78, 5) is 21.8. The van der Waals surface area contributed by atoms with E-state index in [1.54, 1.807) is 4.52 Å². The van der Waals surface area contributed by atoms with Gasteiger partial charge in [0, 0.05) is 22.6 Å². The van der Waals surface area contributed by atoms with Crippen molar-refractivity contribution < 1.29 is 4.79 Å². The van der Waals surface area contributed by atoms with Crippen molar-refractivity contribution in [2.75, 3.05) is 11.6 Å². The van der Waals surface area contributed by atoms with Crippen LogP contribution in [-0.4, -0.2) is 31.7 Å². The first-order valence-corrected chi connectivity index (χ1v) is 11.0. The van der Waals surface area contributed by atoms with Crippen molar-refractivity contribution in [3.63, 3.8) is 0 Å². The van der Waals surface area contributed by atoms with Crippen LogP contribution >= 0.6 is 11.8 Å². The molecule has 1 amide bonds. The molecule has 7 heteroatoms. The number of amides is 1. The summed E-state index contributed by atoms with van der Waals surface area (Å²) in [6.07, 6.45) is 2.92. The SMILES string of the molecule is CSc1nc2nc(C)c(CC(=O)Nc3ccccc3Cc3ccccc3)c(C)n2n1. The molecule has 1 N–H and O–H groups in total. The van der Waals surface area contributed by atoms with Crippen molar-refractivity contribution >= 4 is 29.1 Å². The third kappa shape index (κ3) is 4.21. The number of nitrogens with one attached hydrogen (secondary N) is 1. The molecule has 0 aliphatic heterocycles. The van der Waals surface area contributed by atoms with Crippen LogP contribution in [0.4, 0.5) is 5.69 Å². The van der Waals surface area contributed by atoms with Crippen molar-refractivity contribution in [2.24, 2.45) is 0 Å². The van der Waals surface area contributed by atoms with Gasteiger partial charge in [0.1, 0.15) is 0 Å². The van der Waals surface area contributed by atoms with Crippen LogP contribution < -0.4 is 5.32 Å². The number of thioether (sulfide) groups is 1. The van der Waals surface area contributed by atoms with Crippen LogP contribution in [-0.2, 0) is 17.6 Å². The molecule has 0 saturated heterocycles. The van der Waals surface area contributed by atoms with Crippen molar-refractivity contribution in [1.29, 1.82) is 0 Å². The lowest BCUT2D eigenvalue weighted by molar-refractivity contribution is -0.115. The summed E-state index contributed by atoms with van der Waals surface area (Å²) in [6, 6.07) is 18.2. The van der Waals surface area contributed by atoms with Gasteiger partial charge in [0.2, 0.25) is 11.1 Å². The predicted octanol–water partition coefficient (Wildman–Crippen LogP) is 4.24. The Hall–Kier alpha value is -3.19. The number of hydrogen-bond acceptors (Lipinski definition) is 5. The number of rotatable bonds is 6. The Bertz CT molecular complexity index is 1200. The molecule has 0 spiro atoms. The molecular weight excluding hydrogens is 394 g/mol. The smallest absolute Gasteiger partial charge is 0.253 e. The van der Waals surface area contributed by atoms with Gasteiger partial charge < -0.3 is 5.32 Å². The van der Waals surface area contributed by atoms with Crippen LogP contribution in [0.1, 0.15) is 28.1 Å². The number of carbonyl (C=O) groups excluding carboxylic acids is 1. The topological polar surface area (TPSA) is 72.2 Å². The molecule has 6 nitrogen and oxygen atoms in total. The van der Waals surface area contributed by atoms with Crippen LogP contribution in [0, 0.1) is 13.8 Å². The van der Waals surface area contributed by atoms with E-state index < -0.39 is 0 Å². The molecule has 0 unspecified atom stereocenters. The lowest BCUT2D eigenvalue weighted by Crippen LogP contribution is -2.18. The molecule has 0 bridgehead atoms. The highest BCUT2D eigenvalue weighted by molar-refractivity contribution is 7.98. The first-order chi connectivity index (χ1) is 14.5. The maximum absolute atomic E-state index is 12.9. The van der Waals surface area contributed by atoms with E-state index in [4.69, 9.17) is 0 Å². The van der Waals surface area contributed by atoms with Crippen LogP contribution in [0.25, 0.3) is 5.78 Å². The molecule has 0 fully saturated rings. The van der Waals surface area contributed by atoms with Crippen LogP contribution in [0.2, 0.25) is 0 Å². The molecule has 4 rings (SSSR count). The maximum atomic E-state index is 12.9. The van der Waals surface area contributed by atoms with E-state index in [1.165, 1.54) is 17.3 Å². The van der Waals surface area contributed by atoms with Gasteiger partial charge in [0.15, 0.2) is 0 Å². The Balaban J connectivity index is 1.56. The zero-order valence-electron chi connectivity index (χ0n) is 17.2. The molecule has 0 saturated carbocycles. The van der Waals surface area contributed by atoms with Crippen LogP contribution in [0.15, 0.2) is 59.8 Å². The minimum Gasteiger partial charge on any atom is -0.326 e. The summed E-state index contributed by atoms with van der Waals surface area (Å²) in [6.45, 7) is 3.86. The molecule has 0 aliphatic rings. The van der Waals surface area contributed by atoms with E-state index in [0.717, 1.165) is 34.6 Å². The highest BCUT2D eigenvalue weighted by Crippen LogP contribution is 2.21. The first kappa shape index (κ1) is 20.1. The number of hydrogen-bond donors (Lipinski definition) is 1. The summed E-state index contributed by atoms with van der Waals surface area (Å²) >= 11 is 1.47. The Morgan fingerprint density at radius 2 is 1.77 bits per heavy atom. The zero-order valence-corrected chi connectivity index (χ0v) is 18.0. The number of fused-ring (bicyclic) bond motifs is 1. The maximum Gasteiger partial charge on any atom is 0.253 e. The molecule has 30 heavy (non-hydrogen) atoms. The number of nitrogens with zero attached hydrogens (tertiary/aromatic N) is 4. The molecule has 2 aromatic heterocycles. The fourth-order valence-electron chi connectivity index (χ4n) is 3.50. The zero-order chi connectivity index (χ0) is 21.1. The van der Waals surface area contributed by atoms with Crippen molar-refractivity contribution in [3.8, 4) is 0 Å². The Morgan fingerprint density at radius 1 is 1.03 bits per heavy atom. The minimum atomic E-state index is -0.0759. The third-order valence-corrected chi connectivity index (χ3v) is 5.62. The summed E-state index contributed by atoms with van der Waals surface area (Å²) in [5.74, 6) is 0.486. The lowest BCUT2D eigenvalue weighted by atomic mass is 10.0. The summed E-state index contributed by atoms with van der Waals surface area (Å²) < 4.78 is 1.71. The molecule has 0 radical (unpaired) electrons. The quantitative estimate of drug-likeness (QED) is 0.475. The summed E-state index contributed by atoms with van der Waals surface area (Å²) in [7, 11) is 0. The van der Waals surface area contributed by atoms with E-state index in [1.807, 2.05) is 62.6 Å². The van der Waals surface area contributed by atoms with E-state index >= 15 is 0 Å². The molecule has 0 atom stereocenters. The van der Waals surface area contributed by atoms with Crippen LogP contribution in [0.3, 0.4) is 0 Å². The number of aromatic nitrogens is 4. The number of carbonyl (C=O) groups is 1. The predicted molar refractivity (Wildman–Crippen MR) is 120 cm³/mol. The third-order valence-electron chi connectivity index (χ3n) is 5.08. The van der Waals surface area contributed by atoms with E-state index in [9.17, 15) is 4.79 Å². The number of aryl methyl sites for hydroxylation is 2. The van der Waals surface area contributed by atoms with Gasteiger partial charge in [-0.25, -0.2) is 9.50 Å².